The molecule has 1 aromatic heterocycles. The van der Waals surface area contributed by atoms with E-state index in [1.807, 2.05) is 0 Å². The quantitative estimate of drug-likeness (QED) is 0.0862. The third-order valence-corrected chi connectivity index (χ3v) is 8.38. The average molecular weight is 625 g/mol. The van der Waals surface area contributed by atoms with E-state index >= 15 is 0 Å². The van der Waals surface area contributed by atoms with Crippen LogP contribution in [0.4, 0.5) is 0 Å². The minimum absolute atomic E-state index is 0.0709. The predicted molar refractivity (Wildman–Crippen MR) is 166 cm³/mol. The third-order valence-electron chi connectivity index (χ3n) is 8.38. The van der Waals surface area contributed by atoms with Gasteiger partial charge >= 0.3 is 0 Å². The van der Waals surface area contributed by atoms with Crippen LogP contribution in [-0.2, 0) is 0 Å². The Morgan fingerprint density at radius 2 is 1.37 bits per heavy atom. The SMILES string of the molecule is CC1=CC(c2c(O)cc3oc(-c4ccc(O)cc4O)cc(=O)c3c2O)C(C(=O)c2ccc(O)cc2O)C(c2ccc(O)cc2O)C1. The molecule has 11 nitrogen and oxygen atoms in total. The van der Waals surface area contributed by atoms with Crippen LogP contribution < -0.4 is 5.43 Å². The first-order valence-electron chi connectivity index (χ1n) is 14.1. The van der Waals surface area contributed by atoms with Crippen molar-refractivity contribution in [1.29, 1.82) is 0 Å². The lowest BCUT2D eigenvalue weighted by Crippen LogP contribution is -2.31. The molecule has 0 radical (unpaired) electrons. The first-order chi connectivity index (χ1) is 21.8. The van der Waals surface area contributed by atoms with Crippen molar-refractivity contribution in [3.8, 4) is 57.3 Å². The van der Waals surface area contributed by atoms with E-state index in [4.69, 9.17) is 4.42 Å². The molecule has 0 spiro atoms. The molecule has 1 aliphatic rings. The Morgan fingerprint density at radius 3 is 2.02 bits per heavy atom. The fourth-order valence-electron chi connectivity index (χ4n) is 6.36. The summed E-state index contributed by atoms with van der Waals surface area (Å²) in [6.07, 6.45) is 1.89. The minimum Gasteiger partial charge on any atom is -0.508 e. The summed E-state index contributed by atoms with van der Waals surface area (Å²) in [7, 11) is 0. The van der Waals surface area contributed by atoms with Crippen LogP contribution in [0.3, 0.4) is 0 Å². The molecule has 234 valence electrons. The molecule has 0 fully saturated rings. The number of carbonyl (C=O) groups is 1. The second kappa shape index (κ2) is 11.1. The molecule has 6 rings (SSSR count). The van der Waals surface area contributed by atoms with Crippen LogP contribution in [0.2, 0.25) is 0 Å². The average Bonchev–Trinajstić information content (AvgIpc) is 2.96. The zero-order valence-corrected chi connectivity index (χ0v) is 24.2. The summed E-state index contributed by atoms with van der Waals surface area (Å²) < 4.78 is 5.80. The van der Waals surface area contributed by atoms with Crippen molar-refractivity contribution >= 4 is 16.8 Å². The first kappa shape index (κ1) is 29.9. The summed E-state index contributed by atoms with van der Waals surface area (Å²) in [5.74, 6) is -6.96. The molecule has 5 aromatic rings. The van der Waals surface area contributed by atoms with E-state index in [2.05, 4.69) is 0 Å². The number of allylic oxidation sites excluding steroid dienone is 2. The van der Waals surface area contributed by atoms with Gasteiger partial charge in [-0.05, 0) is 49.2 Å². The number of hydrogen-bond donors (Lipinski definition) is 8. The van der Waals surface area contributed by atoms with E-state index in [-0.39, 0.29) is 74.2 Å². The number of fused-ring (bicyclic) bond motifs is 1. The molecule has 0 saturated heterocycles. The number of benzene rings is 4. The predicted octanol–water partition coefficient (Wildman–Crippen LogP) is 5.82. The minimum atomic E-state index is -1.19. The van der Waals surface area contributed by atoms with E-state index in [0.717, 1.165) is 30.3 Å². The first-order valence-corrected chi connectivity index (χ1v) is 14.1. The van der Waals surface area contributed by atoms with Gasteiger partial charge in [0.15, 0.2) is 11.2 Å². The van der Waals surface area contributed by atoms with Crippen LogP contribution in [0.5, 0.6) is 46.0 Å². The summed E-state index contributed by atoms with van der Waals surface area (Å²) in [5.41, 5.74) is -0.236. The van der Waals surface area contributed by atoms with Gasteiger partial charge in [0.05, 0.1) is 11.1 Å². The van der Waals surface area contributed by atoms with E-state index in [1.54, 1.807) is 13.0 Å². The summed E-state index contributed by atoms with van der Waals surface area (Å²) in [4.78, 5) is 27.7. The van der Waals surface area contributed by atoms with Gasteiger partial charge in [0.1, 0.15) is 62.7 Å². The second-order valence-electron chi connectivity index (χ2n) is 11.4. The maximum absolute atomic E-state index is 14.3. The summed E-state index contributed by atoms with van der Waals surface area (Å²) in [5, 5.41) is 83.8. The molecule has 3 atom stereocenters. The molecule has 0 bridgehead atoms. The molecule has 1 heterocycles. The molecule has 11 heteroatoms. The number of rotatable bonds is 5. The highest BCUT2D eigenvalue weighted by molar-refractivity contribution is 6.02. The fraction of sp³-hybridized carbons (Fsp3) is 0.143. The topological polar surface area (TPSA) is 209 Å². The zero-order valence-electron chi connectivity index (χ0n) is 24.2. The largest absolute Gasteiger partial charge is 0.508 e. The van der Waals surface area contributed by atoms with Gasteiger partial charge in [0.25, 0.3) is 0 Å². The van der Waals surface area contributed by atoms with Crippen molar-refractivity contribution in [3.63, 3.8) is 0 Å². The normalized spacial score (nSPS) is 17.9. The Kier molecular flexibility index (Phi) is 7.24. The summed E-state index contributed by atoms with van der Waals surface area (Å²) in [6.45, 7) is 1.76. The van der Waals surface area contributed by atoms with Crippen LogP contribution in [-0.4, -0.2) is 46.6 Å². The lowest BCUT2D eigenvalue weighted by atomic mass is 9.65. The zero-order chi connectivity index (χ0) is 33.0. The molecule has 46 heavy (non-hydrogen) atoms. The van der Waals surface area contributed by atoms with Gasteiger partial charge in [-0.1, -0.05) is 17.7 Å². The maximum atomic E-state index is 14.3. The van der Waals surface area contributed by atoms with Crippen LogP contribution in [0, 0.1) is 5.92 Å². The van der Waals surface area contributed by atoms with Gasteiger partial charge in [-0.3, -0.25) is 9.59 Å². The number of Topliss-reactive ketones (excluding diaryl/α,β-unsaturated/α-hetero) is 1. The Bertz CT molecular complexity index is 2140. The second-order valence-corrected chi connectivity index (χ2v) is 11.4. The van der Waals surface area contributed by atoms with Crippen LogP contribution in [0.25, 0.3) is 22.3 Å². The highest BCUT2D eigenvalue weighted by atomic mass is 16.3. The lowest BCUT2D eigenvalue weighted by molar-refractivity contribution is 0.0876. The fourth-order valence-corrected chi connectivity index (χ4v) is 6.36. The Morgan fingerprint density at radius 1 is 0.739 bits per heavy atom. The molecule has 8 N–H and O–H groups in total. The molecule has 3 unspecified atom stereocenters. The van der Waals surface area contributed by atoms with Crippen molar-refractivity contribution in [3.05, 3.63) is 105 Å². The smallest absolute Gasteiger partial charge is 0.197 e. The van der Waals surface area contributed by atoms with Crippen molar-refractivity contribution in [1.82, 2.24) is 0 Å². The van der Waals surface area contributed by atoms with E-state index < -0.39 is 46.2 Å². The molecular formula is C35H28O11. The monoisotopic (exact) mass is 624 g/mol. The number of phenols is 8. The van der Waals surface area contributed by atoms with Gasteiger partial charge < -0.3 is 45.3 Å². The van der Waals surface area contributed by atoms with E-state index in [1.165, 1.54) is 36.4 Å². The highest BCUT2D eigenvalue weighted by Crippen LogP contribution is 2.53. The maximum Gasteiger partial charge on any atom is 0.197 e. The standard InChI is InChI=1S/C35H28O11/c1-15-8-22(19-5-2-16(36)10-24(19)39)31(34(44)21-7-4-18(38)12-26(21)41)23(9-15)32-27(42)14-30-33(35(32)45)28(43)13-29(46-30)20-6-3-17(37)11-25(20)40/h2-7,9-14,22-23,31,36-42,45H,8H2,1H3. The van der Waals surface area contributed by atoms with E-state index in [0.29, 0.717) is 5.57 Å². The lowest BCUT2D eigenvalue weighted by Gasteiger charge is -2.37. The van der Waals surface area contributed by atoms with Gasteiger partial charge in [0, 0.05) is 53.6 Å². The Balaban J connectivity index is 1.57. The number of hydrogen-bond acceptors (Lipinski definition) is 11. The van der Waals surface area contributed by atoms with Gasteiger partial charge in [-0.15, -0.1) is 0 Å². The van der Waals surface area contributed by atoms with Crippen molar-refractivity contribution in [2.75, 3.05) is 0 Å². The van der Waals surface area contributed by atoms with Crippen molar-refractivity contribution in [2.24, 2.45) is 5.92 Å². The van der Waals surface area contributed by atoms with Crippen LogP contribution >= 0.6 is 0 Å². The number of carbonyl (C=O) groups excluding carboxylic acids is 1. The number of ketones is 1. The molecule has 0 amide bonds. The molecular weight excluding hydrogens is 596 g/mol. The van der Waals surface area contributed by atoms with Crippen LogP contribution in [0.1, 0.15) is 46.7 Å². The van der Waals surface area contributed by atoms with Gasteiger partial charge in [-0.25, -0.2) is 0 Å². The molecule has 4 aromatic carbocycles. The summed E-state index contributed by atoms with van der Waals surface area (Å²) >= 11 is 0. The van der Waals surface area contributed by atoms with Gasteiger partial charge in [0.2, 0.25) is 0 Å². The van der Waals surface area contributed by atoms with Crippen molar-refractivity contribution in [2.45, 2.75) is 25.2 Å². The van der Waals surface area contributed by atoms with E-state index in [9.17, 15) is 50.4 Å². The van der Waals surface area contributed by atoms with Crippen LogP contribution in [0.15, 0.2) is 87.6 Å². The van der Waals surface area contributed by atoms with Crippen molar-refractivity contribution < 1.29 is 50.1 Å². The molecule has 0 aliphatic heterocycles. The molecule has 1 aliphatic carbocycles. The molecule has 0 saturated carbocycles. The Labute approximate surface area is 260 Å². The Hall–Kier alpha value is -6.10. The number of aromatic hydroxyl groups is 8. The van der Waals surface area contributed by atoms with Gasteiger partial charge in [-0.2, -0.15) is 0 Å². The summed E-state index contributed by atoms with van der Waals surface area (Å²) in [6, 6.07) is 13.2. The third kappa shape index (κ3) is 5.07. The highest BCUT2D eigenvalue weighted by Gasteiger charge is 2.43. The number of phenolic OH excluding ortho intramolecular Hbond substituents is 8.